The molecular weight excluding hydrogens is 307 g/mol. The van der Waals surface area contributed by atoms with E-state index in [1.54, 1.807) is 16.8 Å². The van der Waals surface area contributed by atoms with E-state index in [1.807, 2.05) is 0 Å². The predicted octanol–water partition coefficient (Wildman–Crippen LogP) is -2.64. The van der Waals surface area contributed by atoms with Crippen molar-refractivity contribution in [1.82, 2.24) is 9.80 Å². The van der Waals surface area contributed by atoms with Crippen molar-refractivity contribution in [1.29, 1.82) is 0 Å². The predicted molar refractivity (Wildman–Crippen MR) is 79.9 cm³/mol. The van der Waals surface area contributed by atoms with Crippen LogP contribution in [0.3, 0.4) is 0 Å². The number of nitrogens with zero attached hydrogens (tertiary/aromatic N) is 2. The molecule has 2 amide bonds. The van der Waals surface area contributed by atoms with Crippen LogP contribution >= 0.6 is 0 Å². The maximum Gasteiger partial charge on any atom is 1.00 e. The Balaban J connectivity index is 0.00000288. The largest absolute Gasteiger partial charge is 1.00 e. The summed E-state index contributed by atoms with van der Waals surface area (Å²) in [5.74, 6) is -1.45. The normalized spacial score (nSPS) is 14.5. The molecule has 1 aromatic carbocycles. The molecule has 1 fully saturated rings. The zero-order valence-corrected chi connectivity index (χ0v) is 14.2. The Bertz CT molecular complexity index is 597. The maximum absolute atomic E-state index is 12.5. The van der Waals surface area contributed by atoms with Gasteiger partial charge in [0.05, 0.1) is 13.1 Å². The zero-order chi connectivity index (χ0) is 17.0. The Labute approximate surface area is 152 Å². The number of hydrogen-bond acceptors (Lipinski definition) is 5. The summed E-state index contributed by atoms with van der Waals surface area (Å²) in [6.45, 7) is 1.08. The molecule has 0 atom stereocenters. The molecule has 0 aromatic heterocycles. The SMILES string of the molecule is COC(=O)N1CCC(N(C)C(=O)c2ccc(C(=O)[O-])cc2)CC1.[Li+]. The van der Waals surface area contributed by atoms with Crippen molar-refractivity contribution in [3.05, 3.63) is 35.4 Å². The molecule has 2 rings (SSSR count). The van der Waals surface area contributed by atoms with Gasteiger partial charge in [0.2, 0.25) is 0 Å². The van der Waals surface area contributed by atoms with Crippen molar-refractivity contribution in [2.75, 3.05) is 27.2 Å². The summed E-state index contributed by atoms with van der Waals surface area (Å²) in [5.41, 5.74) is 0.462. The number of methoxy groups -OCH3 is 1. The van der Waals surface area contributed by atoms with Gasteiger partial charge in [0.15, 0.2) is 0 Å². The molecule has 1 aliphatic heterocycles. The van der Waals surface area contributed by atoms with Gasteiger partial charge in [-0.2, -0.15) is 0 Å². The molecule has 24 heavy (non-hydrogen) atoms. The summed E-state index contributed by atoms with van der Waals surface area (Å²) in [7, 11) is 3.06. The second kappa shape index (κ2) is 8.76. The van der Waals surface area contributed by atoms with Gasteiger partial charge < -0.3 is 24.4 Å². The minimum absolute atomic E-state index is 0. The third-order valence-electron chi connectivity index (χ3n) is 4.13. The topological polar surface area (TPSA) is 90.0 Å². The van der Waals surface area contributed by atoms with Gasteiger partial charge in [-0.3, -0.25) is 4.79 Å². The van der Waals surface area contributed by atoms with E-state index >= 15 is 0 Å². The molecule has 8 heteroatoms. The van der Waals surface area contributed by atoms with Crippen LogP contribution in [0.1, 0.15) is 33.6 Å². The van der Waals surface area contributed by atoms with E-state index in [4.69, 9.17) is 0 Å². The van der Waals surface area contributed by atoms with Crippen LogP contribution in [-0.4, -0.2) is 61.1 Å². The second-order valence-corrected chi connectivity index (χ2v) is 5.47. The van der Waals surface area contributed by atoms with Gasteiger partial charge >= 0.3 is 25.0 Å². The van der Waals surface area contributed by atoms with Gasteiger partial charge in [-0.25, -0.2) is 4.79 Å². The maximum atomic E-state index is 12.5. The first-order valence-electron chi connectivity index (χ1n) is 7.35. The summed E-state index contributed by atoms with van der Waals surface area (Å²) in [6, 6.07) is 5.71. The van der Waals surface area contributed by atoms with Crippen LogP contribution in [0.25, 0.3) is 0 Å². The third kappa shape index (κ3) is 4.53. The molecule has 124 valence electrons. The Hall–Kier alpha value is -1.97. The first-order chi connectivity index (χ1) is 10.9. The first-order valence-corrected chi connectivity index (χ1v) is 7.35. The van der Waals surface area contributed by atoms with Gasteiger partial charge in [-0.15, -0.1) is 0 Å². The van der Waals surface area contributed by atoms with E-state index in [-0.39, 0.29) is 42.5 Å². The molecule has 7 nitrogen and oxygen atoms in total. The number of amides is 2. The number of benzene rings is 1. The molecule has 0 radical (unpaired) electrons. The van der Waals surface area contributed by atoms with Crippen molar-refractivity contribution in [3.8, 4) is 0 Å². The summed E-state index contributed by atoms with van der Waals surface area (Å²) >= 11 is 0. The number of hydrogen-bond donors (Lipinski definition) is 0. The molecule has 1 aliphatic rings. The summed E-state index contributed by atoms with van der Waals surface area (Å²) < 4.78 is 4.69. The molecule has 1 heterocycles. The van der Waals surface area contributed by atoms with Crippen LogP contribution in [0.15, 0.2) is 24.3 Å². The molecule has 0 bridgehead atoms. The van der Waals surface area contributed by atoms with Crippen LogP contribution < -0.4 is 24.0 Å². The number of carbonyl (C=O) groups excluding carboxylic acids is 3. The monoisotopic (exact) mass is 326 g/mol. The first kappa shape index (κ1) is 20.1. The molecule has 0 saturated carbocycles. The van der Waals surface area contributed by atoms with Gasteiger partial charge in [0.1, 0.15) is 0 Å². The van der Waals surface area contributed by atoms with E-state index in [2.05, 4.69) is 4.74 Å². The molecule has 0 aliphatic carbocycles. The molecule has 0 unspecified atom stereocenters. The number of likely N-dealkylation sites (tertiary alicyclic amines) is 1. The van der Waals surface area contributed by atoms with Crippen molar-refractivity contribution in [2.45, 2.75) is 18.9 Å². The fourth-order valence-corrected chi connectivity index (χ4v) is 2.68. The van der Waals surface area contributed by atoms with E-state index in [1.165, 1.54) is 31.4 Å². The third-order valence-corrected chi connectivity index (χ3v) is 4.13. The fourth-order valence-electron chi connectivity index (χ4n) is 2.68. The van der Waals surface area contributed by atoms with Crippen LogP contribution in [-0.2, 0) is 4.74 Å². The Kier molecular flexibility index (Phi) is 7.33. The fraction of sp³-hybridized carbons (Fsp3) is 0.438. The molecule has 0 N–H and O–H groups in total. The van der Waals surface area contributed by atoms with Gasteiger partial charge in [0.25, 0.3) is 5.91 Å². The molecular formula is C16H19LiN2O5. The Morgan fingerprint density at radius 2 is 1.62 bits per heavy atom. The average Bonchev–Trinajstić information content (AvgIpc) is 2.60. The molecule has 1 aromatic rings. The van der Waals surface area contributed by atoms with Crippen molar-refractivity contribution < 1.29 is 43.1 Å². The number of piperidine rings is 1. The summed E-state index contributed by atoms with van der Waals surface area (Å²) in [6.07, 6.45) is 0.999. The number of aromatic carboxylic acids is 1. The second-order valence-electron chi connectivity index (χ2n) is 5.47. The van der Waals surface area contributed by atoms with Crippen LogP contribution in [0, 0.1) is 0 Å². The quantitative estimate of drug-likeness (QED) is 0.566. The zero-order valence-electron chi connectivity index (χ0n) is 14.2. The van der Waals surface area contributed by atoms with Crippen LogP contribution in [0.5, 0.6) is 0 Å². The van der Waals surface area contributed by atoms with E-state index in [0.29, 0.717) is 31.5 Å². The minimum atomic E-state index is -1.27. The summed E-state index contributed by atoms with van der Waals surface area (Å²) in [5, 5.41) is 10.7. The Morgan fingerprint density at radius 1 is 1.12 bits per heavy atom. The molecule has 1 saturated heterocycles. The van der Waals surface area contributed by atoms with Crippen molar-refractivity contribution >= 4 is 18.0 Å². The smallest absolute Gasteiger partial charge is 0.545 e. The van der Waals surface area contributed by atoms with Crippen LogP contribution in [0.4, 0.5) is 4.79 Å². The number of carboxylic acid groups (broad SMARTS) is 1. The minimum Gasteiger partial charge on any atom is -0.545 e. The van der Waals surface area contributed by atoms with Crippen LogP contribution in [0.2, 0.25) is 0 Å². The average molecular weight is 326 g/mol. The number of ether oxygens (including phenoxy) is 1. The Morgan fingerprint density at radius 3 is 2.08 bits per heavy atom. The van der Waals surface area contributed by atoms with E-state index < -0.39 is 5.97 Å². The van der Waals surface area contributed by atoms with E-state index in [9.17, 15) is 19.5 Å². The van der Waals surface area contributed by atoms with Gasteiger partial charge in [0, 0.05) is 31.7 Å². The summed E-state index contributed by atoms with van der Waals surface area (Å²) in [4.78, 5) is 37.9. The standard InChI is InChI=1S/C16H20N2O5.Li/c1-17(13-7-9-18(10-8-13)16(22)23-2)14(19)11-3-5-12(6-4-11)15(20)21;/h3-6,13H,7-10H2,1-2H3,(H,20,21);/q;+1/p-1. The van der Waals surface area contributed by atoms with Crippen molar-refractivity contribution in [3.63, 3.8) is 0 Å². The van der Waals surface area contributed by atoms with Gasteiger partial charge in [-0.05, 0) is 30.5 Å². The van der Waals surface area contributed by atoms with Gasteiger partial charge in [-0.1, -0.05) is 12.1 Å². The van der Waals surface area contributed by atoms with Crippen molar-refractivity contribution in [2.24, 2.45) is 0 Å². The number of carboxylic acids is 1. The number of carbonyl (C=O) groups is 3. The van der Waals surface area contributed by atoms with E-state index in [0.717, 1.165) is 0 Å². The molecule has 0 spiro atoms. The number of rotatable bonds is 3.